The second-order valence-electron chi connectivity index (χ2n) is 8.16. The number of carbonyl (C=O) groups is 2. The topological polar surface area (TPSA) is 76.1 Å². The monoisotopic (exact) mass is 341 g/mol. The summed E-state index contributed by atoms with van der Waals surface area (Å²) in [4.78, 5) is 24.4. The maximum Gasteiger partial charge on any atom is 0.407 e. The van der Waals surface area contributed by atoms with Gasteiger partial charge in [-0.2, -0.15) is 0 Å². The van der Waals surface area contributed by atoms with Crippen LogP contribution in [0.15, 0.2) is 0 Å². The largest absolute Gasteiger partial charge is 0.469 e. The van der Waals surface area contributed by atoms with Crippen molar-refractivity contribution in [3.8, 4) is 0 Å². The van der Waals surface area contributed by atoms with Crippen molar-refractivity contribution in [1.82, 2.24) is 4.90 Å². The van der Waals surface area contributed by atoms with Gasteiger partial charge in [0, 0.05) is 19.0 Å². The molecule has 1 aliphatic heterocycles. The third kappa shape index (κ3) is 4.62. The molecule has 1 saturated carbocycles. The Bertz CT molecular complexity index is 451. The van der Waals surface area contributed by atoms with E-state index >= 15 is 0 Å². The first kappa shape index (κ1) is 19.0. The predicted octanol–water partition coefficient (Wildman–Crippen LogP) is 3.15. The smallest absolute Gasteiger partial charge is 0.407 e. The van der Waals surface area contributed by atoms with E-state index in [2.05, 4.69) is 20.8 Å². The van der Waals surface area contributed by atoms with Crippen molar-refractivity contribution in [2.45, 2.75) is 65.1 Å². The molecule has 24 heavy (non-hydrogen) atoms. The van der Waals surface area contributed by atoms with Crippen LogP contribution >= 0.6 is 0 Å². The molecule has 0 aromatic heterocycles. The lowest BCUT2D eigenvalue weighted by molar-refractivity contribution is -0.149. The van der Waals surface area contributed by atoms with Crippen LogP contribution in [-0.4, -0.2) is 54.5 Å². The Labute approximate surface area is 144 Å². The van der Waals surface area contributed by atoms with E-state index in [-0.39, 0.29) is 35.4 Å². The molecule has 1 aliphatic carbocycles. The summed E-state index contributed by atoms with van der Waals surface area (Å²) in [6, 6.07) is 0. The SMILES string of the molecule is COC(=O)[C@H]1CC[C@H](OC2CCN(C(=O)O)CC2C(C)(C)C)CC1. The Kier molecular flexibility index (Phi) is 6.12. The standard InChI is InChI=1S/C18H31NO5/c1-18(2,3)14-11-19(17(21)22)10-9-15(14)24-13-7-5-12(6-8-13)16(20)23-4/h12-15H,5-11H2,1-4H3,(H,21,22)/t12-,13-,14?,15?. The molecule has 0 bridgehead atoms. The molecule has 6 nitrogen and oxygen atoms in total. The second kappa shape index (κ2) is 7.72. The van der Waals surface area contributed by atoms with Crippen LogP contribution in [0.1, 0.15) is 52.9 Å². The number of likely N-dealkylation sites (tertiary alicyclic amines) is 1. The highest BCUT2D eigenvalue weighted by Crippen LogP contribution is 2.37. The van der Waals surface area contributed by atoms with Gasteiger partial charge in [-0.25, -0.2) is 4.79 Å². The maximum absolute atomic E-state index is 11.6. The molecular weight excluding hydrogens is 310 g/mol. The van der Waals surface area contributed by atoms with E-state index in [1.54, 1.807) is 0 Å². The highest BCUT2D eigenvalue weighted by Gasteiger charge is 2.40. The highest BCUT2D eigenvalue weighted by molar-refractivity contribution is 5.72. The average Bonchev–Trinajstić information content (AvgIpc) is 2.54. The van der Waals surface area contributed by atoms with Gasteiger partial charge in [0.2, 0.25) is 0 Å². The van der Waals surface area contributed by atoms with Crippen LogP contribution in [0, 0.1) is 17.3 Å². The van der Waals surface area contributed by atoms with Gasteiger partial charge in [-0.05, 0) is 37.5 Å². The van der Waals surface area contributed by atoms with Crippen molar-refractivity contribution >= 4 is 12.1 Å². The molecule has 0 spiro atoms. The average molecular weight is 341 g/mol. The molecule has 2 rings (SSSR count). The number of carbonyl (C=O) groups excluding carboxylic acids is 1. The molecule has 0 radical (unpaired) electrons. The normalized spacial score (nSPS) is 31.6. The van der Waals surface area contributed by atoms with Crippen molar-refractivity contribution < 1.29 is 24.2 Å². The minimum atomic E-state index is -0.846. The molecule has 1 N–H and O–H groups in total. The van der Waals surface area contributed by atoms with E-state index < -0.39 is 6.09 Å². The zero-order chi connectivity index (χ0) is 17.9. The van der Waals surface area contributed by atoms with Crippen LogP contribution in [0.2, 0.25) is 0 Å². The number of hydrogen-bond donors (Lipinski definition) is 1. The van der Waals surface area contributed by atoms with Crippen LogP contribution in [0.3, 0.4) is 0 Å². The van der Waals surface area contributed by atoms with E-state index in [1.165, 1.54) is 12.0 Å². The summed E-state index contributed by atoms with van der Waals surface area (Å²) >= 11 is 0. The molecule has 1 amide bonds. The first-order valence-corrected chi connectivity index (χ1v) is 8.93. The van der Waals surface area contributed by atoms with Gasteiger partial charge >= 0.3 is 12.1 Å². The molecule has 2 aliphatic rings. The van der Waals surface area contributed by atoms with Gasteiger partial charge < -0.3 is 19.5 Å². The number of nitrogens with zero attached hydrogens (tertiary/aromatic N) is 1. The Balaban J connectivity index is 1.93. The lowest BCUT2D eigenvalue weighted by Crippen LogP contribution is -2.51. The number of hydrogen-bond acceptors (Lipinski definition) is 4. The Morgan fingerprint density at radius 1 is 1.08 bits per heavy atom. The molecule has 138 valence electrons. The quantitative estimate of drug-likeness (QED) is 0.798. The number of amides is 1. The van der Waals surface area contributed by atoms with E-state index in [4.69, 9.17) is 9.47 Å². The van der Waals surface area contributed by atoms with Crippen molar-refractivity contribution in [1.29, 1.82) is 0 Å². The van der Waals surface area contributed by atoms with Gasteiger partial charge in [0.1, 0.15) is 0 Å². The fourth-order valence-corrected chi connectivity index (χ4v) is 3.95. The second-order valence-corrected chi connectivity index (χ2v) is 8.16. The number of methoxy groups -OCH3 is 1. The number of rotatable bonds is 3. The minimum Gasteiger partial charge on any atom is -0.469 e. The summed E-state index contributed by atoms with van der Waals surface area (Å²) in [5, 5.41) is 9.28. The van der Waals surface area contributed by atoms with Crippen LogP contribution in [0.25, 0.3) is 0 Å². The zero-order valence-electron chi connectivity index (χ0n) is 15.3. The van der Waals surface area contributed by atoms with Crippen LogP contribution in [0.4, 0.5) is 4.79 Å². The summed E-state index contributed by atoms with van der Waals surface area (Å²) in [5.41, 5.74) is -0.0119. The molecule has 1 heterocycles. The van der Waals surface area contributed by atoms with Gasteiger partial charge in [-0.15, -0.1) is 0 Å². The number of ether oxygens (including phenoxy) is 2. The van der Waals surface area contributed by atoms with Crippen molar-refractivity contribution in [2.75, 3.05) is 20.2 Å². The fourth-order valence-electron chi connectivity index (χ4n) is 3.95. The molecule has 2 atom stereocenters. The van der Waals surface area contributed by atoms with Crippen LogP contribution < -0.4 is 0 Å². The molecule has 6 heteroatoms. The Morgan fingerprint density at radius 2 is 1.71 bits per heavy atom. The molecule has 0 aromatic rings. The summed E-state index contributed by atoms with van der Waals surface area (Å²) in [6.07, 6.45) is 3.51. The molecule has 2 unspecified atom stereocenters. The summed E-state index contributed by atoms with van der Waals surface area (Å²) < 4.78 is 11.2. The van der Waals surface area contributed by atoms with Crippen LogP contribution in [0.5, 0.6) is 0 Å². The van der Waals surface area contributed by atoms with E-state index in [0.29, 0.717) is 13.1 Å². The van der Waals surface area contributed by atoms with Crippen molar-refractivity contribution in [3.05, 3.63) is 0 Å². The molecule has 2 fully saturated rings. The molecular formula is C18H31NO5. The molecule has 0 aromatic carbocycles. The van der Waals surface area contributed by atoms with Crippen LogP contribution in [-0.2, 0) is 14.3 Å². The third-order valence-electron chi connectivity index (χ3n) is 5.51. The number of piperidine rings is 1. The highest BCUT2D eigenvalue weighted by atomic mass is 16.5. The van der Waals surface area contributed by atoms with Crippen molar-refractivity contribution in [2.24, 2.45) is 17.3 Å². The fraction of sp³-hybridized carbons (Fsp3) is 0.889. The van der Waals surface area contributed by atoms with E-state index in [9.17, 15) is 14.7 Å². The van der Waals surface area contributed by atoms with Gasteiger partial charge in [0.05, 0.1) is 25.2 Å². The predicted molar refractivity (Wildman–Crippen MR) is 89.8 cm³/mol. The van der Waals surface area contributed by atoms with Gasteiger partial charge in [0.15, 0.2) is 0 Å². The maximum atomic E-state index is 11.6. The Morgan fingerprint density at radius 3 is 2.21 bits per heavy atom. The number of carboxylic acid groups (broad SMARTS) is 1. The first-order valence-electron chi connectivity index (χ1n) is 8.93. The van der Waals surface area contributed by atoms with E-state index in [0.717, 1.165) is 32.1 Å². The van der Waals surface area contributed by atoms with Gasteiger partial charge in [-0.3, -0.25) is 4.79 Å². The van der Waals surface area contributed by atoms with Gasteiger partial charge in [-0.1, -0.05) is 20.8 Å². The third-order valence-corrected chi connectivity index (χ3v) is 5.51. The van der Waals surface area contributed by atoms with Crippen molar-refractivity contribution in [3.63, 3.8) is 0 Å². The first-order chi connectivity index (χ1) is 11.2. The Hall–Kier alpha value is -1.30. The van der Waals surface area contributed by atoms with E-state index in [1.807, 2.05) is 0 Å². The number of esters is 1. The summed E-state index contributed by atoms with van der Waals surface area (Å²) in [7, 11) is 1.44. The molecule has 1 saturated heterocycles. The summed E-state index contributed by atoms with van der Waals surface area (Å²) in [5.74, 6) is 0.0681. The van der Waals surface area contributed by atoms with Gasteiger partial charge in [0.25, 0.3) is 0 Å². The summed E-state index contributed by atoms with van der Waals surface area (Å²) in [6.45, 7) is 7.50. The zero-order valence-corrected chi connectivity index (χ0v) is 15.3. The lowest BCUT2D eigenvalue weighted by atomic mass is 9.74. The minimum absolute atomic E-state index is 0.00196. The lowest BCUT2D eigenvalue weighted by Gasteiger charge is -2.45.